The number of hydrogen-bond acceptors (Lipinski definition) is 6. The SMILES string of the molecule is c1c(-c2nc(C3CCOC3)no2)n[nH]c1C1CCNC1. The molecule has 20 heavy (non-hydrogen) atoms. The highest BCUT2D eigenvalue weighted by atomic mass is 16.5. The van der Waals surface area contributed by atoms with E-state index >= 15 is 0 Å². The van der Waals surface area contributed by atoms with Crippen molar-refractivity contribution in [2.24, 2.45) is 0 Å². The van der Waals surface area contributed by atoms with E-state index < -0.39 is 0 Å². The molecule has 106 valence electrons. The molecule has 0 aliphatic carbocycles. The van der Waals surface area contributed by atoms with Crippen molar-refractivity contribution < 1.29 is 9.26 Å². The molecule has 2 saturated heterocycles. The van der Waals surface area contributed by atoms with Crippen molar-refractivity contribution in [2.45, 2.75) is 24.7 Å². The summed E-state index contributed by atoms with van der Waals surface area (Å²) in [6, 6.07) is 2.01. The number of nitrogens with zero attached hydrogens (tertiary/aromatic N) is 3. The summed E-state index contributed by atoms with van der Waals surface area (Å²) in [4.78, 5) is 4.45. The number of nitrogens with one attached hydrogen (secondary N) is 2. The molecule has 7 heteroatoms. The van der Waals surface area contributed by atoms with Gasteiger partial charge in [-0.15, -0.1) is 0 Å². The predicted molar refractivity (Wildman–Crippen MR) is 70.3 cm³/mol. The van der Waals surface area contributed by atoms with Crippen LogP contribution < -0.4 is 5.32 Å². The standard InChI is InChI=1S/C13H17N5O2/c1-3-14-6-8(1)10-5-11(17-16-10)13-15-12(18-20-13)9-2-4-19-7-9/h5,8-9,14H,1-4,6-7H2,(H,16,17). The third-order valence-corrected chi connectivity index (χ3v) is 4.05. The van der Waals surface area contributed by atoms with Crippen molar-refractivity contribution in [3.63, 3.8) is 0 Å². The lowest BCUT2D eigenvalue weighted by Crippen LogP contribution is -2.08. The molecule has 2 N–H and O–H groups in total. The monoisotopic (exact) mass is 275 g/mol. The predicted octanol–water partition coefficient (Wildman–Crippen LogP) is 1.04. The number of aromatic amines is 1. The third-order valence-electron chi connectivity index (χ3n) is 4.05. The third kappa shape index (κ3) is 2.12. The van der Waals surface area contributed by atoms with E-state index in [2.05, 4.69) is 25.7 Å². The summed E-state index contributed by atoms with van der Waals surface area (Å²) in [5.41, 5.74) is 1.86. The van der Waals surface area contributed by atoms with Gasteiger partial charge in [-0.2, -0.15) is 10.1 Å². The molecule has 2 aromatic heterocycles. The van der Waals surface area contributed by atoms with E-state index in [0.717, 1.165) is 49.8 Å². The summed E-state index contributed by atoms with van der Waals surface area (Å²) in [6.45, 7) is 3.51. The molecule has 0 aromatic carbocycles. The summed E-state index contributed by atoms with van der Waals surface area (Å²) in [7, 11) is 0. The second kappa shape index (κ2) is 4.99. The van der Waals surface area contributed by atoms with Crippen LogP contribution in [0.25, 0.3) is 11.6 Å². The highest BCUT2D eigenvalue weighted by Gasteiger charge is 2.25. The Kier molecular flexibility index (Phi) is 3.00. The first-order valence-electron chi connectivity index (χ1n) is 7.08. The van der Waals surface area contributed by atoms with Gasteiger partial charge in [0.15, 0.2) is 11.5 Å². The first-order chi connectivity index (χ1) is 9.90. The van der Waals surface area contributed by atoms with E-state index in [0.29, 0.717) is 18.4 Å². The number of aromatic nitrogens is 4. The van der Waals surface area contributed by atoms with Crippen molar-refractivity contribution in [1.29, 1.82) is 0 Å². The van der Waals surface area contributed by atoms with Gasteiger partial charge in [0.25, 0.3) is 5.89 Å². The van der Waals surface area contributed by atoms with Crippen LogP contribution >= 0.6 is 0 Å². The largest absolute Gasteiger partial charge is 0.381 e. The molecule has 2 unspecified atom stereocenters. The lowest BCUT2D eigenvalue weighted by atomic mass is 10.1. The number of H-pyrrole nitrogens is 1. The Morgan fingerprint density at radius 1 is 1.25 bits per heavy atom. The molecule has 0 amide bonds. The summed E-state index contributed by atoms with van der Waals surface area (Å²) in [5.74, 6) is 1.97. The van der Waals surface area contributed by atoms with Gasteiger partial charge in [0.05, 0.1) is 6.61 Å². The lowest BCUT2D eigenvalue weighted by Gasteiger charge is -2.02. The molecule has 0 saturated carbocycles. The summed E-state index contributed by atoms with van der Waals surface area (Å²) in [5, 5.41) is 14.8. The Morgan fingerprint density at radius 3 is 3.05 bits per heavy atom. The summed E-state index contributed by atoms with van der Waals surface area (Å²) < 4.78 is 10.7. The van der Waals surface area contributed by atoms with Crippen LogP contribution in [0.15, 0.2) is 10.6 Å². The van der Waals surface area contributed by atoms with Gasteiger partial charge in [0, 0.05) is 30.7 Å². The van der Waals surface area contributed by atoms with Gasteiger partial charge in [-0.1, -0.05) is 5.16 Å². The normalized spacial score (nSPS) is 26.4. The summed E-state index contributed by atoms with van der Waals surface area (Å²) in [6.07, 6.45) is 2.09. The minimum Gasteiger partial charge on any atom is -0.381 e. The van der Waals surface area contributed by atoms with E-state index in [9.17, 15) is 0 Å². The highest BCUT2D eigenvalue weighted by molar-refractivity contribution is 5.47. The van der Waals surface area contributed by atoms with Crippen molar-refractivity contribution in [3.8, 4) is 11.6 Å². The zero-order valence-electron chi connectivity index (χ0n) is 11.1. The van der Waals surface area contributed by atoms with Gasteiger partial charge >= 0.3 is 0 Å². The molecular formula is C13H17N5O2. The van der Waals surface area contributed by atoms with E-state index in [1.807, 2.05) is 6.07 Å². The number of ether oxygens (including phenoxy) is 1. The molecule has 2 aromatic rings. The molecule has 0 bridgehead atoms. The van der Waals surface area contributed by atoms with E-state index in [4.69, 9.17) is 9.26 Å². The molecule has 4 rings (SSSR count). The van der Waals surface area contributed by atoms with Crippen LogP contribution in [0.5, 0.6) is 0 Å². The van der Waals surface area contributed by atoms with Crippen LogP contribution in [0.4, 0.5) is 0 Å². The molecule has 2 aliphatic heterocycles. The van der Waals surface area contributed by atoms with Crippen LogP contribution in [0.3, 0.4) is 0 Å². The van der Waals surface area contributed by atoms with Crippen LogP contribution in [-0.4, -0.2) is 46.6 Å². The van der Waals surface area contributed by atoms with E-state index in [1.54, 1.807) is 0 Å². The van der Waals surface area contributed by atoms with Gasteiger partial charge in [-0.25, -0.2) is 0 Å². The molecule has 0 radical (unpaired) electrons. The van der Waals surface area contributed by atoms with Crippen molar-refractivity contribution in [3.05, 3.63) is 17.6 Å². The Morgan fingerprint density at radius 2 is 2.25 bits per heavy atom. The molecule has 4 heterocycles. The van der Waals surface area contributed by atoms with Crippen molar-refractivity contribution in [1.82, 2.24) is 25.7 Å². The maximum Gasteiger partial charge on any atom is 0.278 e. The summed E-state index contributed by atoms with van der Waals surface area (Å²) >= 11 is 0. The van der Waals surface area contributed by atoms with Crippen molar-refractivity contribution in [2.75, 3.05) is 26.3 Å². The van der Waals surface area contributed by atoms with Crippen molar-refractivity contribution >= 4 is 0 Å². The maximum atomic E-state index is 5.35. The topological polar surface area (TPSA) is 88.9 Å². The van der Waals surface area contributed by atoms with Gasteiger partial charge in [-0.05, 0) is 25.5 Å². The fourth-order valence-corrected chi connectivity index (χ4v) is 2.82. The molecule has 0 spiro atoms. The molecule has 2 fully saturated rings. The number of hydrogen-bond donors (Lipinski definition) is 2. The average molecular weight is 275 g/mol. The minimum atomic E-state index is 0.255. The van der Waals surface area contributed by atoms with Gasteiger partial charge in [0.1, 0.15) is 0 Å². The Hall–Kier alpha value is -1.73. The molecule has 2 aliphatic rings. The molecular weight excluding hydrogens is 258 g/mol. The van der Waals surface area contributed by atoms with Crippen LogP contribution in [0.1, 0.15) is 36.2 Å². The second-order valence-electron chi connectivity index (χ2n) is 5.42. The van der Waals surface area contributed by atoms with Gasteiger partial charge in [0.2, 0.25) is 0 Å². The Labute approximate surface area is 116 Å². The Balaban J connectivity index is 1.54. The first-order valence-corrected chi connectivity index (χ1v) is 7.08. The van der Waals surface area contributed by atoms with Gasteiger partial charge < -0.3 is 14.6 Å². The fourth-order valence-electron chi connectivity index (χ4n) is 2.82. The molecule has 2 atom stereocenters. The van der Waals surface area contributed by atoms with Crippen LogP contribution in [-0.2, 0) is 4.74 Å². The second-order valence-corrected chi connectivity index (χ2v) is 5.42. The first kappa shape index (κ1) is 12.0. The molecule has 7 nitrogen and oxygen atoms in total. The van der Waals surface area contributed by atoms with Crippen LogP contribution in [0.2, 0.25) is 0 Å². The zero-order valence-corrected chi connectivity index (χ0v) is 11.1. The smallest absolute Gasteiger partial charge is 0.278 e. The lowest BCUT2D eigenvalue weighted by molar-refractivity contribution is 0.192. The van der Waals surface area contributed by atoms with Gasteiger partial charge in [-0.3, -0.25) is 5.10 Å². The fraction of sp³-hybridized carbons (Fsp3) is 0.615. The maximum absolute atomic E-state index is 5.35. The number of rotatable bonds is 3. The van der Waals surface area contributed by atoms with E-state index in [1.165, 1.54) is 0 Å². The minimum absolute atomic E-state index is 0.255. The highest BCUT2D eigenvalue weighted by Crippen LogP contribution is 2.27. The van der Waals surface area contributed by atoms with E-state index in [-0.39, 0.29) is 5.92 Å². The van der Waals surface area contributed by atoms with Crippen LogP contribution in [0, 0.1) is 0 Å². The zero-order chi connectivity index (χ0) is 13.4. The Bertz CT molecular complexity index is 529. The quantitative estimate of drug-likeness (QED) is 0.870. The average Bonchev–Trinajstić information content (AvgIpc) is 3.22.